The second-order valence-electron chi connectivity index (χ2n) is 5.32. The number of ketones is 1. The van der Waals surface area contributed by atoms with Gasteiger partial charge in [-0.2, -0.15) is 0 Å². The largest absolute Gasteiger partial charge is 0.299 e. The lowest BCUT2D eigenvalue weighted by atomic mass is 9.89. The number of imide groups is 1. The maximum atomic E-state index is 12.5. The van der Waals surface area contributed by atoms with Crippen LogP contribution in [0, 0.1) is 11.8 Å². The van der Waals surface area contributed by atoms with Crippen LogP contribution in [-0.2, 0) is 14.4 Å². The molecule has 1 aliphatic carbocycles. The quantitative estimate of drug-likeness (QED) is 0.787. The summed E-state index contributed by atoms with van der Waals surface area (Å²) >= 11 is 5.90. The molecule has 5 heteroatoms. The van der Waals surface area contributed by atoms with Crippen LogP contribution < -0.4 is 4.90 Å². The molecule has 4 nitrogen and oxygen atoms in total. The van der Waals surface area contributed by atoms with Crippen LogP contribution >= 0.6 is 11.6 Å². The molecule has 1 saturated heterocycles. The van der Waals surface area contributed by atoms with Crippen molar-refractivity contribution in [3.05, 3.63) is 29.3 Å². The zero-order valence-electron chi connectivity index (χ0n) is 10.8. The Morgan fingerprint density at radius 3 is 2.60 bits per heavy atom. The van der Waals surface area contributed by atoms with Gasteiger partial charge in [-0.1, -0.05) is 17.7 Å². The van der Waals surface area contributed by atoms with Crippen LogP contribution in [0.1, 0.15) is 25.7 Å². The van der Waals surface area contributed by atoms with Crippen LogP contribution in [0.25, 0.3) is 0 Å². The molecule has 20 heavy (non-hydrogen) atoms. The summed E-state index contributed by atoms with van der Waals surface area (Å²) in [6, 6.07) is 6.66. The molecule has 2 amide bonds. The normalized spacial score (nSPS) is 26.6. The van der Waals surface area contributed by atoms with E-state index in [-0.39, 0.29) is 29.9 Å². The summed E-state index contributed by atoms with van der Waals surface area (Å²) in [5.41, 5.74) is 0.487. The van der Waals surface area contributed by atoms with Crippen molar-refractivity contribution in [2.24, 2.45) is 11.8 Å². The highest BCUT2D eigenvalue weighted by Gasteiger charge is 2.46. The molecule has 2 atom stereocenters. The average Bonchev–Trinajstić information content (AvgIpc) is 2.93. The van der Waals surface area contributed by atoms with Crippen LogP contribution in [0.15, 0.2) is 24.3 Å². The lowest BCUT2D eigenvalue weighted by Gasteiger charge is -2.17. The summed E-state index contributed by atoms with van der Waals surface area (Å²) in [6.45, 7) is 0. The molecule has 0 spiro atoms. The molecule has 0 bridgehead atoms. The fraction of sp³-hybridized carbons (Fsp3) is 0.400. The van der Waals surface area contributed by atoms with E-state index >= 15 is 0 Å². The highest BCUT2D eigenvalue weighted by Crippen LogP contribution is 2.37. The van der Waals surface area contributed by atoms with Gasteiger partial charge in [-0.15, -0.1) is 0 Å². The van der Waals surface area contributed by atoms with Crippen LogP contribution in [0.4, 0.5) is 5.69 Å². The summed E-state index contributed by atoms with van der Waals surface area (Å²) in [5.74, 6) is -1.17. The highest BCUT2D eigenvalue weighted by molar-refractivity contribution is 6.31. The van der Waals surface area contributed by atoms with Gasteiger partial charge >= 0.3 is 0 Å². The van der Waals surface area contributed by atoms with Crippen molar-refractivity contribution >= 4 is 34.9 Å². The van der Waals surface area contributed by atoms with Gasteiger partial charge in [0.05, 0.1) is 11.6 Å². The van der Waals surface area contributed by atoms with E-state index in [1.807, 2.05) is 0 Å². The third kappa shape index (κ3) is 2.14. The number of rotatable bonds is 2. The Morgan fingerprint density at radius 1 is 1.15 bits per heavy atom. The number of hydrogen-bond acceptors (Lipinski definition) is 3. The van der Waals surface area contributed by atoms with E-state index < -0.39 is 5.92 Å². The van der Waals surface area contributed by atoms with Gasteiger partial charge in [0.2, 0.25) is 11.8 Å². The average molecular weight is 292 g/mol. The number of halogens is 1. The molecule has 0 radical (unpaired) electrons. The van der Waals surface area contributed by atoms with Gasteiger partial charge in [-0.25, -0.2) is 0 Å². The van der Waals surface area contributed by atoms with Gasteiger partial charge in [0.15, 0.2) is 0 Å². The monoisotopic (exact) mass is 291 g/mol. The molecule has 2 aliphatic rings. The highest BCUT2D eigenvalue weighted by atomic mass is 35.5. The van der Waals surface area contributed by atoms with E-state index in [0.29, 0.717) is 23.6 Å². The molecule has 3 rings (SSSR count). The summed E-state index contributed by atoms with van der Waals surface area (Å²) in [7, 11) is 0. The number of carbonyl (C=O) groups is 3. The third-order valence-corrected chi connectivity index (χ3v) is 4.32. The fourth-order valence-corrected chi connectivity index (χ4v) is 3.31. The van der Waals surface area contributed by atoms with Gasteiger partial charge in [0.25, 0.3) is 0 Å². The standard InChI is InChI=1S/C15H14ClNO3/c16-9-3-1-4-10(7-9)17-14(19)8-12(15(17)20)11-5-2-6-13(11)18/h1,3-4,7,11-12H,2,5-6,8H2. The van der Waals surface area contributed by atoms with E-state index in [2.05, 4.69) is 0 Å². The Bertz CT molecular complexity index is 599. The first-order valence-corrected chi connectivity index (χ1v) is 7.11. The van der Waals surface area contributed by atoms with Crippen molar-refractivity contribution in [2.45, 2.75) is 25.7 Å². The zero-order valence-corrected chi connectivity index (χ0v) is 11.6. The minimum Gasteiger partial charge on any atom is -0.299 e. The van der Waals surface area contributed by atoms with Crippen molar-refractivity contribution in [3.63, 3.8) is 0 Å². The van der Waals surface area contributed by atoms with E-state index in [4.69, 9.17) is 11.6 Å². The van der Waals surface area contributed by atoms with Crippen molar-refractivity contribution in [2.75, 3.05) is 4.90 Å². The first-order chi connectivity index (χ1) is 9.58. The van der Waals surface area contributed by atoms with Crippen molar-refractivity contribution in [1.82, 2.24) is 0 Å². The summed E-state index contributed by atoms with van der Waals surface area (Å²) in [6.07, 6.45) is 2.19. The lowest BCUT2D eigenvalue weighted by molar-refractivity contribution is -0.129. The number of carbonyl (C=O) groups excluding carboxylic acids is 3. The minimum atomic E-state index is -0.489. The first-order valence-electron chi connectivity index (χ1n) is 6.73. The number of Topliss-reactive ketones (excluding diaryl/α,β-unsaturated/α-hetero) is 1. The van der Waals surface area contributed by atoms with Crippen molar-refractivity contribution < 1.29 is 14.4 Å². The van der Waals surface area contributed by atoms with Gasteiger partial charge in [0, 0.05) is 23.8 Å². The molecule has 2 fully saturated rings. The zero-order chi connectivity index (χ0) is 14.3. The number of nitrogens with zero attached hydrogens (tertiary/aromatic N) is 1. The van der Waals surface area contributed by atoms with Crippen LogP contribution in [0.2, 0.25) is 5.02 Å². The SMILES string of the molecule is O=C1CCCC1C1CC(=O)N(c2cccc(Cl)c2)C1=O. The molecule has 1 saturated carbocycles. The molecular formula is C15H14ClNO3. The van der Waals surface area contributed by atoms with E-state index in [9.17, 15) is 14.4 Å². The molecule has 2 unspecified atom stereocenters. The molecule has 1 aromatic rings. The maximum Gasteiger partial charge on any atom is 0.238 e. The number of benzene rings is 1. The molecule has 1 aromatic carbocycles. The Balaban J connectivity index is 1.89. The molecule has 1 heterocycles. The molecule has 0 aromatic heterocycles. The lowest BCUT2D eigenvalue weighted by Crippen LogP contribution is -2.33. The van der Waals surface area contributed by atoms with E-state index in [1.54, 1.807) is 24.3 Å². The number of anilines is 1. The van der Waals surface area contributed by atoms with Crippen LogP contribution in [-0.4, -0.2) is 17.6 Å². The second-order valence-corrected chi connectivity index (χ2v) is 5.76. The fourth-order valence-electron chi connectivity index (χ4n) is 3.12. The van der Waals surface area contributed by atoms with Gasteiger partial charge in [-0.05, 0) is 31.0 Å². The Hall–Kier alpha value is -1.68. The van der Waals surface area contributed by atoms with Crippen molar-refractivity contribution in [3.8, 4) is 0 Å². The predicted octanol–water partition coefficient (Wildman–Crippen LogP) is 2.59. The minimum absolute atomic E-state index is 0.115. The summed E-state index contributed by atoms with van der Waals surface area (Å²) < 4.78 is 0. The predicted molar refractivity (Wildman–Crippen MR) is 74.4 cm³/mol. The molecule has 1 aliphatic heterocycles. The number of amides is 2. The van der Waals surface area contributed by atoms with Gasteiger partial charge < -0.3 is 0 Å². The maximum absolute atomic E-state index is 12.5. The Morgan fingerprint density at radius 2 is 1.95 bits per heavy atom. The van der Waals surface area contributed by atoms with Crippen molar-refractivity contribution in [1.29, 1.82) is 0 Å². The Labute approximate surface area is 121 Å². The first kappa shape index (κ1) is 13.3. The smallest absolute Gasteiger partial charge is 0.238 e. The second kappa shape index (κ2) is 5.02. The molecule has 104 valence electrons. The Kier molecular flexibility index (Phi) is 3.34. The summed E-state index contributed by atoms with van der Waals surface area (Å²) in [4.78, 5) is 37.6. The molecular weight excluding hydrogens is 278 g/mol. The molecule has 0 N–H and O–H groups in total. The third-order valence-electron chi connectivity index (χ3n) is 4.09. The topological polar surface area (TPSA) is 54.5 Å². The van der Waals surface area contributed by atoms with Gasteiger partial charge in [0.1, 0.15) is 5.78 Å². The van der Waals surface area contributed by atoms with E-state index in [0.717, 1.165) is 6.42 Å². The van der Waals surface area contributed by atoms with E-state index in [1.165, 1.54) is 4.90 Å². The number of hydrogen-bond donors (Lipinski definition) is 0. The summed E-state index contributed by atoms with van der Waals surface area (Å²) in [5, 5.41) is 0.475. The van der Waals surface area contributed by atoms with Crippen LogP contribution in [0.3, 0.4) is 0 Å². The van der Waals surface area contributed by atoms with Crippen LogP contribution in [0.5, 0.6) is 0 Å². The van der Waals surface area contributed by atoms with Gasteiger partial charge in [-0.3, -0.25) is 19.3 Å².